The van der Waals surface area contributed by atoms with Gasteiger partial charge in [-0.15, -0.1) is 11.3 Å². The molecule has 0 aliphatic carbocycles. The molecule has 3 rings (SSSR count). The van der Waals surface area contributed by atoms with E-state index in [0.717, 1.165) is 33.5 Å². The first-order valence-electron chi connectivity index (χ1n) is 9.28. The zero-order valence-corrected chi connectivity index (χ0v) is 18.3. The van der Waals surface area contributed by atoms with Gasteiger partial charge in [0.25, 0.3) is 5.56 Å². The van der Waals surface area contributed by atoms with Crippen LogP contribution in [0, 0.1) is 13.8 Å². The number of rotatable bonds is 8. The topological polar surface area (TPSA) is 104 Å². The van der Waals surface area contributed by atoms with E-state index in [0.29, 0.717) is 17.4 Å². The van der Waals surface area contributed by atoms with E-state index in [1.165, 1.54) is 6.07 Å². The molecule has 2 aromatic heterocycles. The van der Waals surface area contributed by atoms with Gasteiger partial charge in [0.15, 0.2) is 5.16 Å². The van der Waals surface area contributed by atoms with Crippen LogP contribution >= 0.6 is 23.1 Å². The van der Waals surface area contributed by atoms with Crippen LogP contribution in [-0.2, 0) is 22.6 Å². The second-order valence-electron chi connectivity index (χ2n) is 6.73. The van der Waals surface area contributed by atoms with Gasteiger partial charge in [-0.05, 0) is 36.9 Å². The van der Waals surface area contributed by atoms with Crippen molar-refractivity contribution in [2.24, 2.45) is 0 Å². The minimum atomic E-state index is -0.358. The number of aryl methyl sites for hydroxylation is 2. The van der Waals surface area contributed by atoms with Gasteiger partial charge in [-0.2, -0.15) is 0 Å². The maximum atomic E-state index is 12.3. The van der Waals surface area contributed by atoms with Crippen molar-refractivity contribution in [1.82, 2.24) is 15.3 Å². The first-order valence-corrected chi connectivity index (χ1v) is 11.1. The summed E-state index contributed by atoms with van der Waals surface area (Å²) in [5, 5.41) is 7.91. The molecule has 9 heteroatoms. The number of carbonyl (C=O) groups is 2. The van der Waals surface area contributed by atoms with Crippen LogP contribution in [0.3, 0.4) is 0 Å². The van der Waals surface area contributed by atoms with E-state index < -0.39 is 0 Å². The summed E-state index contributed by atoms with van der Waals surface area (Å²) in [5.74, 6) is -0.330. The SMILES string of the molecule is Cc1ccc(NC(=O)CSc2nc(CC(=O)NCc3cccs3)cc(=O)[nH]2)c(C)c1. The summed E-state index contributed by atoms with van der Waals surface area (Å²) in [5.41, 5.74) is 2.86. The third kappa shape index (κ3) is 6.57. The minimum Gasteiger partial charge on any atom is -0.351 e. The number of anilines is 1. The van der Waals surface area contributed by atoms with E-state index in [-0.39, 0.29) is 29.5 Å². The lowest BCUT2D eigenvalue weighted by molar-refractivity contribution is -0.120. The maximum Gasteiger partial charge on any atom is 0.251 e. The molecule has 2 heterocycles. The number of hydrogen-bond acceptors (Lipinski definition) is 6. The van der Waals surface area contributed by atoms with Gasteiger partial charge in [0, 0.05) is 16.6 Å². The van der Waals surface area contributed by atoms with Crippen molar-refractivity contribution in [1.29, 1.82) is 0 Å². The average molecular weight is 443 g/mol. The normalized spacial score (nSPS) is 10.6. The molecule has 156 valence electrons. The van der Waals surface area contributed by atoms with Crippen molar-refractivity contribution in [3.8, 4) is 0 Å². The van der Waals surface area contributed by atoms with Crippen molar-refractivity contribution in [2.75, 3.05) is 11.1 Å². The molecule has 3 aromatic rings. The van der Waals surface area contributed by atoms with Crippen molar-refractivity contribution in [3.63, 3.8) is 0 Å². The highest BCUT2D eigenvalue weighted by Crippen LogP contribution is 2.17. The third-order valence-electron chi connectivity index (χ3n) is 4.15. The summed E-state index contributed by atoms with van der Waals surface area (Å²) in [7, 11) is 0. The van der Waals surface area contributed by atoms with Crippen LogP contribution in [0.1, 0.15) is 21.7 Å². The molecule has 0 saturated carbocycles. The van der Waals surface area contributed by atoms with Gasteiger partial charge < -0.3 is 15.6 Å². The predicted octanol–water partition coefficient (Wildman–Crippen LogP) is 3.04. The number of carbonyl (C=O) groups excluding carboxylic acids is 2. The number of H-pyrrole nitrogens is 1. The summed E-state index contributed by atoms with van der Waals surface area (Å²) in [6, 6.07) is 10.9. The minimum absolute atomic E-state index is 0.00237. The lowest BCUT2D eigenvalue weighted by atomic mass is 10.1. The molecule has 7 nitrogen and oxygen atoms in total. The van der Waals surface area contributed by atoms with E-state index in [4.69, 9.17) is 0 Å². The number of thioether (sulfide) groups is 1. The smallest absolute Gasteiger partial charge is 0.251 e. The van der Waals surface area contributed by atoms with E-state index >= 15 is 0 Å². The van der Waals surface area contributed by atoms with Gasteiger partial charge in [0.2, 0.25) is 11.8 Å². The molecule has 0 aliphatic rings. The number of hydrogen-bond donors (Lipinski definition) is 3. The molecule has 0 bridgehead atoms. The van der Waals surface area contributed by atoms with Gasteiger partial charge in [-0.1, -0.05) is 35.5 Å². The molecule has 0 spiro atoms. The highest BCUT2D eigenvalue weighted by atomic mass is 32.2. The van der Waals surface area contributed by atoms with Crippen LogP contribution in [0.25, 0.3) is 0 Å². The van der Waals surface area contributed by atoms with Gasteiger partial charge in [0.05, 0.1) is 24.4 Å². The molecule has 0 saturated heterocycles. The Balaban J connectivity index is 1.54. The third-order valence-corrected chi connectivity index (χ3v) is 5.90. The van der Waals surface area contributed by atoms with Crippen molar-refractivity contribution < 1.29 is 9.59 Å². The Morgan fingerprint density at radius 2 is 2.00 bits per heavy atom. The number of thiophene rings is 1. The van der Waals surface area contributed by atoms with Gasteiger partial charge in [0.1, 0.15) is 0 Å². The molecule has 0 unspecified atom stereocenters. The fraction of sp³-hybridized carbons (Fsp3) is 0.238. The highest BCUT2D eigenvalue weighted by Gasteiger charge is 2.11. The second-order valence-corrected chi connectivity index (χ2v) is 8.73. The lowest BCUT2D eigenvalue weighted by Gasteiger charge is -2.09. The Labute approximate surface area is 182 Å². The molecule has 0 aliphatic heterocycles. The lowest BCUT2D eigenvalue weighted by Crippen LogP contribution is -2.25. The summed E-state index contributed by atoms with van der Waals surface area (Å²) < 4.78 is 0. The Bertz CT molecular complexity index is 1090. The number of amides is 2. The molecule has 0 radical (unpaired) electrons. The summed E-state index contributed by atoms with van der Waals surface area (Å²) in [6.45, 7) is 4.37. The molecule has 0 atom stereocenters. The second kappa shape index (κ2) is 10.2. The van der Waals surface area contributed by atoms with Crippen LogP contribution in [0.4, 0.5) is 5.69 Å². The first-order chi connectivity index (χ1) is 14.4. The molecule has 2 amide bonds. The van der Waals surface area contributed by atoms with Crippen LogP contribution in [0.2, 0.25) is 0 Å². The van der Waals surface area contributed by atoms with Gasteiger partial charge >= 0.3 is 0 Å². The standard InChI is InChI=1S/C21H22N4O3S2/c1-13-5-6-17(14(2)8-13)24-20(28)12-30-21-23-15(10-19(27)25-21)9-18(26)22-11-16-4-3-7-29-16/h3-8,10H,9,11-12H2,1-2H3,(H,22,26)(H,24,28)(H,23,25,27). The van der Waals surface area contributed by atoms with Crippen molar-refractivity contribution in [3.05, 3.63) is 73.8 Å². The zero-order valence-electron chi connectivity index (χ0n) is 16.7. The van der Waals surface area contributed by atoms with E-state index in [9.17, 15) is 14.4 Å². The van der Waals surface area contributed by atoms with Gasteiger partial charge in [-0.25, -0.2) is 4.98 Å². The molecule has 30 heavy (non-hydrogen) atoms. The Hall–Kier alpha value is -2.91. The number of benzene rings is 1. The fourth-order valence-electron chi connectivity index (χ4n) is 2.74. The molecule has 0 fully saturated rings. The van der Waals surface area contributed by atoms with Crippen molar-refractivity contribution >= 4 is 40.6 Å². The largest absolute Gasteiger partial charge is 0.351 e. The first kappa shape index (κ1) is 21.8. The van der Waals surface area contributed by atoms with Crippen LogP contribution in [-0.4, -0.2) is 27.5 Å². The van der Waals surface area contributed by atoms with Crippen LogP contribution in [0.15, 0.2) is 51.7 Å². The molecule has 3 N–H and O–H groups in total. The maximum absolute atomic E-state index is 12.3. The van der Waals surface area contributed by atoms with Crippen molar-refractivity contribution in [2.45, 2.75) is 32.0 Å². The fourth-order valence-corrected chi connectivity index (χ4v) is 4.08. The highest BCUT2D eigenvalue weighted by molar-refractivity contribution is 7.99. The van der Waals surface area contributed by atoms with Crippen LogP contribution in [0.5, 0.6) is 0 Å². The quantitative estimate of drug-likeness (QED) is 0.367. The predicted molar refractivity (Wildman–Crippen MR) is 120 cm³/mol. The number of nitrogens with zero attached hydrogens (tertiary/aromatic N) is 1. The van der Waals surface area contributed by atoms with E-state index in [2.05, 4.69) is 20.6 Å². The monoisotopic (exact) mass is 442 g/mol. The summed E-state index contributed by atoms with van der Waals surface area (Å²) in [4.78, 5) is 44.2. The average Bonchev–Trinajstić information content (AvgIpc) is 3.20. The Morgan fingerprint density at radius 1 is 1.17 bits per heavy atom. The van der Waals surface area contributed by atoms with Crippen LogP contribution < -0.4 is 16.2 Å². The van der Waals surface area contributed by atoms with E-state index in [1.54, 1.807) is 11.3 Å². The summed E-state index contributed by atoms with van der Waals surface area (Å²) in [6.07, 6.45) is -0.00237. The van der Waals surface area contributed by atoms with Gasteiger partial charge in [-0.3, -0.25) is 14.4 Å². The summed E-state index contributed by atoms with van der Waals surface area (Å²) >= 11 is 2.68. The number of nitrogens with one attached hydrogen (secondary N) is 3. The Morgan fingerprint density at radius 3 is 2.73 bits per heavy atom. The molecule has 1 aromatic carbocycles. The number of aromatic nitrogens is 2. The Kier molecular flexibility index (Phi) is 7.42. The molecular formula is C21H22N4O3S2. The van der Waals surface area contributed by atoms with E-state index in [1.807, 2.05) is 49.6 Å². The zero-order chi connectivity index (χ0) is 21.5. The molecular weight excluding hydrogens is 420 g/mol. The number of aromatic amines is 1.